The van der Waals surface area contributed by atoms with Gasteiger partial charge in [-0.05, 0) is 30.7 Å². The zero-order valence-corrected chi connectivity index (χ0v) is 16.8. The van der Waals surface area contributed by atoms with Crippen LogP contribution in [-0.4, -0.2) is 52.7 Å². The Morgan fingerprint density at radius 2 is 2.00 bits per heavy atom. The molecule has 1 aromatic heterocycles. The highest BCUT2D eigenvalue weighted by molar-refractivity contribution is 7.99. The number of alkyl halides is 3. The van der Waals surface area contributed by atoms with Crippen LogP contribution in [0, 0.1) is 0 Å². The molecule has 0 bridgehead atoms. The van der Waals surface area contributed by atoms with Crippen LogP contribution in [0.5, 0.6) is 5.75 Å². The van der Waals surface area contributed by atoms with E-state index in [2.05, 4.69) is 20.3 Å². The largest absolute Gasteiger partial charge is 0.573 e. The lowest BCUT2D eigenvalue weighted by Gasteiger charge is -2.10. The molecule has 1 aromatic carbocycles. The number of carbonyl (C=O) groups excluding carboxylic acids is 1. The summed E-state index contributed by atoms with van der Waals surface area (Å²) >= 11 is 1.12. The number of amides is 1. The second kappa shape index (κ2) is 8.22. The molecule has 1 aliphatic rings. The van der Waals surface area contributed by atoms with Crippen molar-refractivity contribution in [1.82, 2.24) is 14.8 Å². The van der Waals surface area contributed by atoms with E-state index in [4.69, 9.17) is 0 Å². The highest BCUT2D eigenvalue weighted by Gasteiger charge is 2.33. The molecule has 1 fully saturated rings. The van der Waals surface area contributed by atoms with E-state index in [9.17, 15) is 26.4 Å². The third-order valence-corrected chi connectivity index (χ3v) is 6.96. The van der Waals surface area contributed by atoms with Crippen LogP contribution in [0.4, 0.5) is 18.9 Å². The SMILES string of the molecule is Cn1c(SCC(=O)Nc2ccc(OC(F)(F)F)cc2)nnc1C1CCS(=O)(=O)C1. The van der Waals surface area contributed by atoms with Gasteiger partial charge in [0.05, 0.1) is 17.3 Å². The Morgan fingerprint density at radius 1 is 1.31 bits per heavy atom. The summed E-state index contributed by atoms with van der Waals surface area (Å²) in [5, 5.41) is 11.1. The molecule has 8 nitrogen and oxygen atoms in total. The molecule has 0 saturated carbocycles. The zero-order chi connectivity index (χ0) is 21.2. The molecule has 2 heterocycles. The lowest BCUT2D eigenvalue weighted by atomic mass is 10.1. The number of aromatic nitrogens is 3. The number of anilines is 1. The van der Waals surface area contributed by atoms with Crippen LogP contribution in [0.15, 0.2) is 29.4 Å². The number of benzene rings is 1. The monoisotopic (exact) mass is 450 g/mol. The number of sulfone groups is 1. The van der Waals surface area contributed by atoms with E-state index in [1.807, 2.05) is 0 Å². The predicted octanol–water partition coefficient (Wildman–Crippen LogP) is 2.35. The van der Waals surface area contributed by atoms with Crippen molar-refractivity contribution in [3.8, 4) is 5.75 Å². The predicted molar refractivity (Wildman–Crippen MR) is 99.5 cm³/mol. The molecular formula is C16H17F3N4O4S2. The van der Waals surface area contributed by atoms with Gasteiger partial charge in [-0.2, -0.15) is 0 Å². The molecular weight excluding hydrogens is 433 g/mol. The molecule has 158 valence electrons. The number of rotatable bonds is 6. The Morgan fingerprint density at radius 3 is 2.59 bits per heavy atom. The second-order valence-electron chi connectivity index (χ2n) is 6.41. The van der Waals surface area contributed by atoms with Crippen molar-refractivity contribution in [2.75, 3.05) is 22.6 Å². The van der Waals surface area contributed by atoms with Crippen molar-refractivity contribution < 1.29 is 31.1 Å². The maximum atomic E-state index is 12.1. The van der Waals surface area contributed by atoms with Gasteiger partial charge >= 0.3 is 6.36 Å². The van der Waals surface area contributed by atoms with Gasteiger partial charge in [0.2, 0.25) is 5.91 Å². The molecule has 3 rings (SSSR count). The summed E-state index contributed by atoms with van der Waals surface area (Å²) in [5.41, 5.74) is 0.319. The Labute approximate surface area is 168 Å². The topological polar surface area (TPSA) is 103 Å². The Kier molecular flexibility index (Phi) is 6.08. The summed E-state index contributed by atoms with van der Waals surface area (Å²) < 4.78 is 65.1. The summed E-state index contributed by atoms with van der Waals surface area (Å²) in [6, 6.07) is 4.79. The summed E-state index contributed by atoms with van der Waals surface area (Å²) in [5.74, 6) is -0.249. The minimum atomic E-state index is -4.78. The first-order valence-corrected chi connectivity index (χ1v) is 11.2. The maximum absolute atomic E-state index is 12.1. The van der Waals surface area contributed by atoms with E-state index in [0.29, 0.717) is 23.1 Å². The number of ether oxygens (including phenoxy) is 1. The minimum Gasteiger partial charge on any atom is -0.406 e. The van der Waals surface area contributed by atoms with Gasteiger partial charge < -0.3 is 14.6 Å². The first-order chi connectivity index (χ1) is 13.5. The molecule has 0 radical (unpaired) electrons. The fraction of sp³-hybridized carbons (Fsp3) is 0.438. The molecule has 1 N–H and O–H groups in total. The molecule has 2 aromatic rings. The molecule has 1 unspecified atom stereocenters. The average molecular weight is 450 g/mol. The highest BCUT2D eigenvalue weighted by Crippen LogP contribution is 2.29. The van der Waals surface area contributed by atoms with Crippen LogP contribution in [-0.2, 0) is 21.7 Å². The van der Waals surface area contributed by atoms with Crippen LogP contribution >= 0.6 is 11.8 Å². The van der Waals surface area contributed by atoms with E-state index < -0.39 is 16.2 Å². The fourth-order valence-electron chi connectivity index (χ4n) is 2.87. The van der Waals surface area contributed by atoms with Crippen LogP contribution < -0.4 is 10.1 Å². The van der Waals surface area contributed by atoms with Crippen LogP contribution in [0.1, 0.15) is 18.2 Å². The Hall–Kier alpha value is -2.28. The molecule has 1 aliphatic heterocycles. The number of nitrogens with one attached hydrogen (secondary N) is 1. The van der Waals surface area contributed by atoms with Crippen molar-refractivity contribution in [3.63, 3.8) is 0 Å². The van der Waals surface area contributed by atoms with Gasteiger partial charge in [0, 0.05) is 18.7 Å². The maximum Gasteiger partial charge on any atom is 0.573 e. The van der Waals surface area contributed by atoms with Crippen LogP contribution in [0.2, 0.25) is 0 Å². The third kappa shape index (κ3) is 5.85. The van der Waals surface area contributed by atoms with Crippen molar-refractivity contribution in [2.45, 2.75) is 23.9 Å². The highest BCUT2D eigenvalue weighted by atomic mass is 32.2. The number of nitrogens with zero attached hydrogens (tertiary/aromatic N) is 3. The summed E-state index contributed by atoms with van der Waals surface area (Å²) in [6.07, 6.45) is -4.29. The summed E-state index contributed by atoms with van der Waals surface area (Å²) in [4.78, 5) is 12.1. The Bertz CT molecular complexity index is 991. The van der Waals surface area contributed by atoms with E-state index in [1.54, 1.807) is 11.6 Å². The standard InChI is InChI=1S/C16H17F3N4O4S2/c1-23-14(10-6-7-29(25,26)9-10)21-22-15(23)28-8-13(24)20-11-2-4-12(5-3-11)27-16(17,18)19/h2-5,10H,6-9H2,1H3,(H,20,24). The molecule has 1 atom stereocenters. The van der Waals surface area contributed by atoms with Gasteiger partial charge in [-0.15, -0.1) is 23.4 Å². The first kappa shape index (κ1) is 21.4. The Balaban J connectivity index is 1.53. The molecule has 0 aliphatic carbocycles. The van der Waals surface area contributed by atoms with Crippen molar-refractivity contribution in [2.24, 2.45) is 7.05 Å². The number of halogens is 3. The van der Waals surface area contributed by atoms with Crippen molar-refractivity contribution in [3.05, 3.63) is 30.1 Å². The number of thioether (sulfide) groups is 1. The molecule has 13 heteroatoms. The lowest BCUT2D eigenvalue weighted by Crippen LogP contribution is -2.17. The molecule has 29 heavy (non-hydrogen) atoms. The van der Waals surface area contributed by atoms with Gasteiger partial charge in [0.1, 0.15) is 11.6 Å². The molecule has 1 amide bonds. The number of carbonyl (C=O) groups is 1. The minimum absolute atomic E-state index is 0.00423. The van der Waals surface area contributed by atoms with Crippen LogP contribution in [0.25, 0.3) is 0 Å². The van der Waals surface area contributed by atoms with Crippen molar-refractivity contribution >= 4 is 33.2 Å². The fourth-order valence-corrected chi connectivity index (χ4v) is 5.33. The van der Waals surface area contributed by atoms with E-state index in [0.717, 1.165) is 23.9 Å². The van der Waals surface area contributed by atoms with E-state index in [-0.39, 0.29) is 34.8 Å². The van der Waals surface area contributed by atoms with Gasteiger partial charge in [0.25, 0.3) is 0 Å². The van der Waals surface area contributed by atoms with E-state index in [1.165, 1.54) is 12.1 Å². The molecule has 1 saturated heterocycles. The normalized spacial score (nSPS) is 18.6. The van der Waals surface area contributed by atoms with Gasteiger partial charge in [-0.25, -0.2) is 8.42 Å². The third-order valence-electron chi connectivity index (χ3n) is 4.17. The number of hydrogen-bond acceptors (Lipinski definition) is 7. The average Bonchev–Trinajstić information content (AvgIpc) is 3.15. The number of hydrogen-bond donors (Lipinski definition) is 1. The summed E-state index contributed by atoms with van der Waals surface area (Å²) in [7, 11) is -1.34. The van der Waals surface area contributed by atoms with Gasteiger partial charge in [-0.1, -0.05) is 11.8 Å². The van der Waals surface area contributed by atoms with E-state index >= 15 is 0 Å². The quantitative estimate of drug-likeness (QED) is 0.674. The smallest absolute Gasteiger partial charge is 0.406 e. The molecule has 0 spiro atoms. The van der Waals surface area contributed by atoms with Crippen LogP contribution in [0.3, 0.4) is 0 Å². The zero-order valence-electron chi connectivity index (χ0n) is 15.1. The van der Waals surface area contributed by atoms with Crippen molar-refractivity contribution in [1.29, 1.82) is 0 Å². The van der Waals surface area contributed by atoms with Gasteiger partial charge in [0.15, 0.2) is 15.0 Å². The second-order valence-corrected chi connectivity index (χ2v) is 9.58. The lowest BCUT2D eigenvalue weighted by molar-refractivity contribution is -0.274. The first-order valence-electron chi connectivity index (χ1n) is 8.40. The van der Waals surface area contributed by atoms with Gasteiger partial charge in [-0.3, -0.25) is 4.79 Å². The summed E-state index contributed by atoms with van der Waals surface area (Å²) in [6.45, 7) is 0.